The van der Waals surface area contributed by atoms with Gasteiger partial charge >= 0.3 is 0 Å². The molecule has 18 heavy (non-hydrogen) atoms. The van der Waals surface area contributed by atoms with Gasteiger partial charge in [0.1, 0.15) is 5.69 Å². The van der Waals surface area contributed by atoms with Gasteiger partial charge in [0.25, 0.3) is 0 Å². The van der Waals surface area contributed by atoms with Crippen LogP contribution in [-0.2, 0) is 0 Å². The van der Waals surface area contributed by atoms with Gasteiger partial charge in [-0.3, -0.25) is 14.6 Å². The van der Waals surface area contributed by atoms with Crippen LogP contribution in [0.4, 0.5) is 0 Å². The van der Waals surface area contributed by atoms with Gasteiger partial charge in [-0.15, -0.1) is 0 Å². The summed E-state index contributed by atoms with van der Waals surface area (Å²) in [4.78, 5) is 31.7. The van der Waals surface area contributed by atoms with Gasteiger partial charge < -0.3 is 0 Å². The number of rotatable bonds is 4. The molecule has 0 N–H and O–H groups in total. The third-order valence-corrected chi connectivity index (χ3v) is 2.56. The van der Waals surface area contributed by atoms with Crippen molar-refractivity contribution >= 4 is 11.6 Å². The van der Waals surface area contributed by atoms with Crippen molar-refractivity contribution in [3.63, 3.8) is 0 Å². The van der Waals surface area contributed by atoms with Gasteiger partial charge in [0, 0.05) is 18.0 Å². The predicted molar refractivity (Wildman–Crippen MR) is 66.5 cm³/mol. The monoisotopic (exact) mass is 240 g/mol. The predicted octanol–water partition coefficient (Wildman–Crippen LogP) is 2.24. The molecule has 1 heterocycles. The fourth-order valence-electron chi connectivity index (χ4n) is 1.64. The summed E-state index contributed by atoms with van der Waals surface area (Å²) in [5.41, 5.74) is 1.34. The second-order valence-electron chi connectivity index (χ2n) is 3.88. The van der Waals surface area contributed by atoms with Crippen molar-refractivity contribution in [1.29, 1.82) is 0 Å². The van der Waals surface area contributed by atoms with Gasteiger partial charge in [-0.1, -0.05) is 30.3 Å². The summed E-state index contributed by atoms with van der Waals surface area (Å²) in [7, 11) is 0. The topological polar surface area (TPSA) is 59.9 Å². The minimum Gasteiger partial charge on any atom is -0.294 e. The van der Waals surface area contributed by atoms with Crippen LogP contribution in [0.25, 0.3) is 0 Å². The molecule has 0 aliphatic carbocycles. The largest absolute Gasteiger partial charge is 0.294 e. The normalized spacial score (nSPS) is 10.1. The second-order valence-corrected chi connectivity index (χ2v) is 3.88. The van der Waals surface area contributed by atoms with Crippen LogP contribution in [0, 0.1) is 6.92 Å². The van der Waals surface area contributed by atoms with Gasteiger partial charge in [0.05, 0.1) is 12.1 Å². The molecule has 0 aliphatic rings. The average molecular weight is 240 g/mol. The highest BCUT2D eigenvalue weighted by Gasteiger charge is 2.16. The SMILES string of the molecule is Cc1nccnc1C(=O)CC(=O)c1ccccc1. The molecule has 90 valence electrons. The van der Waals surface area contributed by atoms with Crippen LogP contribution in [0.1, 0.15) is 33.0 Å². The molecule has 2 rings (SSSR count). The summed E-state index contributed by atoms with van der Waals surface area (Å²) in [6.45, 7) is 1.70. The fraction of sp³-hybridized carbons (Fsp3) is 0.143. The third kappa shape index (κ3) is 2.66. The lowest BCUT2D eigenvalue weighted by molar-refractivity contribution is 0.0891. The molecule has 0 amide bonds. The molecule has 0 saturated heterocycles. The molecule has 0 unspecified atom stereocenters. The molecule has 0 atom stereocenters. The molecule has 0 aliphatic heterocycles. The van der Waals surface area contributed by atoms with Crippen LogP contribution in [0.3, 0.4) is 0 Å². The van der Waals surface area contributed by atoms with Crippen LogP contribution in [0.2, 0.25) is 0 Å². The smallest absolute Gasteiger partial charge is 0.190 e. The average Bonchev–Trinajstić information content (AvgIpc) is 2.40. The van der Waals surface area contributed by atoms with E-state index in [4.69, 9.17) is 0 Å². The summed E-state index contributed by atoms with van der Waals surface area (Å²) in [5.74, 6) is -0.500. The fourth-order valence-corrected chi connectivity index (χ4v) is 1.64. The number of aromatic nitrogens is 2. The van der Waals surface area contributed by atoms with E-state index in [0.29, 0.717) is 11.3 Å². The maximum atomic E-state index is 11.9. The highest BCUT2D eigenvalue weighted by Crippen LogP contribution is 2.08. The van der Waals surface area contributed by atoms with E-state index in [9.17, 15) is 9.59 Å². The van der Waals surface area contributed by atoms with E-state index in [2.05, 4.69) is 9.97 Å². The molecule has 0 spiro atoms. The van der Waals surface area contributed by atoms with Crippen LogP contribution in [0.5, 0.6) is 0 Å². The first-order chi connectivity index (χ1) is 8.68. The van der Waals surface area contributed by atoms with E-state index >= 15 is 0 Å². The van der Waals surface area contributed by atoms with E-state index in [1.165, 1.54) is 12.4 Å². The molecular weight excluding hydrogens is 228 g/mol. The number of hydrogen-bond donors (Lipinski definition) is 0. The number of benzene rings is 1. The zero-order valence-corrected chi connectivity index (χ0v) is 9.96. The van der Waals surface area contributed by atoms with Crippen molar-refractivity contribution < 1.29 is 9.59 Å². The highest BCUT2D eigenvalue weighted by atomic mass is 16.1. The van der Waals surface area contributed by atoms with E-state index in [0.717, 1.165) is 0 Å². The molecular formula is C14H12N2O2. The summed E-state index contributed by atoms with van der Waals surface area (Å²) >= 11 is 0. The van der Waals surface area contributed by atoms with Crippen molar-refractivity contribution in [2.24, 2.45) is 0 Å². The van der Waals surface area contributed by atoms with Gasteiger partial charge in [-0.2, -0.15) is 0 Å². The van der Waals surface area contributed by atoms with Crippen LogP contribution in [-0.4, -0.2) is 21.5 Å². The van der Waals surface area contributed by atoms with Crippen molar-refractivity contribution in [3.8, 4) is 0 Å². The molecule has 1 aromatic heterocycles. The Hall–Kier alpha value is -2.36. The van der Waals surface area contributed by atoms with Crippen molar-refractivity contribution in [1.82, 2.24) is 9.97 Å². The first kappa shape index (κ1) is 12.1. The molecule has 0 fully saturated rings. The third-order valence-electron chi connectivity index (χ3n) is 2.56. The molecule has 0 radical (unpaired) electrons. The number of ketones is 2. The van der Waals surface area contributed by atoms with Crippen molar-refractivity contribution in [2.45, 2.75) is 13.3 Å². The zero-order valence-electron chi connectivity index (χ0n) is 9.96. The van der Waals surface area contributed by atoms with Gasteiger partial charge in [0.15, 0.2) is 11.6 Å². The summed E-state index contributed by atoms with van der Waals surface area (Å²) in [6.07, 6.45) is 2.79. The molecule has 4 nitrogen and oxygen atoms in total. The number of nitrogens with zero attached hydrogens (tertiary/aromatic N) is 2. The lowest BCUT2D eigenvalue weighted by Gasteiger charge is -2.02. The molecule has 0 saturated carbocycles. The summed E-state index contributed by atoms with van der Waals surface area (Å²) in [6, 6.07) is 8.75. The Morgan fingerprint density at radius 2 is 1.67 bits per heavy atom. The number of carbonyl (C=O) groups excluding carboxylic acids is 2. The Morgan fingerprint density at radius 3 is 2.33 bits per heavy atom. The van der Waals surface area contributed by atoms with Crippen molar-refractivity contribution in [3.05, 3.63) is 59.7 Å². The Bertz CT molecular complexity index is 579. The molecule has 4 heteroatoms. The van der Waals surface area contributed by atoms with E-state index in [-0.39, 0.29) is 23.7 Å². The molecule has 0 bridgehead atoms. The van der Waals surface area contributed by atoms with Gasteiger partial charge in [-0.25, -0.2) is 4.98 Å². The highest BCUT2D eigenvalue weighted by molar-refractivity contribution is 6.13. The lowest BCUT2D eigenvalue weighted by atomic mass is 10.0. The van der Waals surface area contributed by atoms with Crippen LogP contribution >= 0.6 is 0 Å². The first-order valence-electron chi connectivity index (χ1n) is 5.57. The van der Waals surface area contributed by atoms with E-state index < -0.39 is 0 Å². The van der Waals surface area contributed by atoms with E-state index in [1.54, 1.807) is 31.2 Å². The Balaban J connectivity index is 2.14. The lowest BCUT2D eigenvalue weighted by Crippen LogP contribution is -2.12. The quantitative estimate of drug-likeness (QED) is 0.607. The number of carbonyl (C=O) groups is 2. The zero-order chi connectivity index (χ0) is 13.0. The number of Topliss-reactive ketones (excluding diaryl/α,β-unsaturated/α-hetero) is 2. The minimum atomic E-state index is -0.297. The van der Waals surface area contributed by atoms with Gasteiger partial charge in [0.2, 0.25) is 0 Å². The van der Waals surface area contributed by atoms with Crippen LogP contribution in [0.15, 0.2) is 42.7 Å². The summed E-state index contributed by atoms with van der Waals surface area (Å²) < 4.78 is 0. The Labute approximate surface area is 105 Å². The first-order valence-corrected chi connectivity index (χ1v) is 5.57. The van der Waals surface area contributed by atoms with E-state index in [1.807, 2.05) is 6.07 Å². The number of aryl methyl sites for hydroxylation is 1. The number of hydrogen-bond acceptors (Lipinski definition) is 4. The molecule has 2 aromatic rings. The Morgan fingerprint density at radius 1 is 1.00 bits per heavy atom. The maximum absolute atomic E-state index is 11.9. The minimum absolute atomic E-state index is 0.177. The van der Waals surface area contributed by atoms with Crippen molar-refractivity contribution in [2.75, 3.05) is 0 Å². The van der Waals surface area contributed by atoms with Crippen LogP contribution < -0.4 is 0 Å². The second kappa shape index (κ2) is 5.31. The molecule has 1 aromatic carbocycles. The summed E-state index contributed by atoms with van der Waals surface area (Å²) in [5, 5.41) is 0. The maximum Gasteiger partial charge on any atom is 0.190 e. The standard InChI is InChI=1S/C14H12N2O2/c1-10-14(16-8-7-15-10)13(18)9-12(17)11-5-3-2-4-6-11/h2-8H,9H2,1H3. The Kier molecular flexibility index (Phi) is 3.57. The van der Waals surface area contributed by atoms with Gasteiger partial charge in [-0.05, 0) is 6.92 Å².